The Morgan fingerprint density at radius 1 is 0.511 bits per heavy atom. The molecule has 2 aliphatic rings. The summed E-state index contributed by atoms with van der Waals surface area (Å²) >= 11 is 3.54. The Hall–Kier alpha value is -5.10. The SMILES string of the molecule is Cc1sc(-c2ccccc2)nc1C1=C(c2nc(-c3ccccc3)sc2C)C2(c3ccccc31)c1ccccc1N(C)c1ccccc12. The molecule has 0 amide bonds. The summed E-state index contributed by atoms with van der Waals surface area (Å²) in [4.78, 5) is 15.8. The second-order valence-corrected chi connectivity index (χ2v) is 14.6. The fraction of sp³-hybridized carbons (Fsp3) is 0.0952. The number of allylic oxidation sites excluding steroid dienone is 1. The van der Waals surface area contributed by atoms with E-state index in [2.05, 4.69) is 159 Å². The number of aromatic nitrogens is 2. The van der Waals surface area contributed by atoms with Crippen LogP contribution in [-0.2, 0) is 5.41 Å². The summed E-state index contributed by atoms with van der Waals surface area (Å²) in [7, 11) is 2.19. The molecule has 9 rings (SSSR count). The predicted molar refractivity (Wildman–Crippen MR) is 198 cm³/mol. The number of anilines is 2. The van der Waals surface area contributed by atoms with Crippen molar-refractivity contribution in [2.24, 2.45) is 0 Å². The van der Waals surface area contributed by atoms with E-state index in [-0.39, 0.29) is 0 Å². The molecule has 0 radical (unpaired) electrons. The molecule has 0 N–H and O–H groups in total. The van der Waals surface area contributed by atoms with Crippen LogP contribution in [0, 0.1) is 13.8 Å². The lowest BCUT2D eigenvalue weighted by Gasteiger charge is -2.44. The minimum Gasteiger partial charge on any atom is -0.344 e. The Balaban J connectivity index is 1.45. The highest BCUT2D eigenvalue weighted by atomic mass is 32.1. The Kier molecular flexibility index (Phi) is 6.43. The highest BCUT2D eigenvalue weighted by molar-refractivity contribution is 7.15. The third-order valence-corrected chi connectivity index (χ3v) is 11.7. The first kappa shape index (κ1) is 28.1. The molecule has 0 saturated heterocycles. The average Bonchev–Trinajstić information content (AvgIpc) is 3.79. The zero-order valence-corrected chi connectivity index (χ0v) is 28.0. The second-order valence-electron chi connectivity index (χ2n) is 12.2. The van der Waals surface area contributed by atoms with Gasteiger partial charge in [-0.15, -0.1) is 22.7 Å². The lowest BCUT2D eigenvalue weighted by molar-refractivity contribution is 0.785. The van der Waals surface area contributed by atoms with E-state index in [1.165, 1.54) is 54.5 Å². The van der Waals surface area contributed by atoms with Gasteiger partial charge in [-0.3, -0.25) is 0 Å². The van der Waals surface area contributed by atoms with Crippen LogP contribution in [0.2, 0.25) is 0 Å². The van der Waals surface area contributed by atoms with Gasteiger partial charge in [-0.2, -0.15) is 0 Å². The molecule has 1 spiro atoms. The van der Waals surface area contributed by atoms with Gasteiger partial charge in [0.1, 0.15) is 10.0 Å². The van der Waals surface area contributed by atoms with Crippen molar-refractivity contribution < 1.29 is 0 Å². The highest BCUT2D eigenvalue weighted by Crippen LogP contribution is 2.65. The fourth-order valence-electron chi connectivity index (χ4n) is 7.69. The third-order valence-electron chi connectivity index (χ3n) is 9.67. The Morgan fingerprint density at radius 3 is 1.53 bits per heavy atom. The molecule has 0 unspecified atom stereocenters. The van der Waals surface area contributed by atoms with Crippen molar-refractivity contribution in [2.75, 3.05) is 11.9 Å². The minimum absolute atomic E-state index is 0.596. The van der Waals surface area contributed by atoms with Gasteiger partial charge < -0.3 is 4.90 Å². The molecule has 1 aliphatic carbocycles. The summed E-state index contributed by atoms with van der Waals surface area (Å²) < 4.78 is 0. The second kappa shape index (κ2) is 10.7. The standard InChI is InChI=1S/C42H31N3S2/c1-26-38(43-40(46-26)28-16-6-4-7-17-28)36-30-20-10-11-21-31(30)42(37(36)39-27(2)47-41(44-39)29-18-8-5-9-19-29)32-22-12-14-24-34(32)45(3)35-25-15-13-23-33(35)42/h4-25H,1-3H3. The van der Waals surface area contributed by atoms with E-state index in [0.717, 1.165) is 32.5 Å². The maximum Gasteiger partial charge on any atom is 0.124 e. The van der Waals surface area contributed by atoms with Crippen LogP contribution in [0.3, 0.4) is 0 Å². The molecule has 1 aliphatic heterocycles. The number of benzene rings is 5. The van der Waals surface area contributed by atoms with Crippen molar-refractivity contribution in [1.29, 1.82) is 0 Å². The molecule has 2 aromatic heterocycles. The van der Waals surface area contributed by atoms with Crippen LogP contribution in [-0.4, -0.2) is 17.0 Å². The quantitative estimate of drug-likeness (QED) is 0.191. The summed E-state index contributed by atoms with van der Waals surface area (Å²) in [6, 6.07) is 48.0. The largest absolute Gasteiger partial charge is 0.344 e. The summed E-state index contributed by atoms with van der Waals surface area (Å²) in [6.45, 7) is 4.45. The van der Waals surface area contributed by atoms with Crippen molar-refractivity contribution in [3.8, 4) is 21.1 Å². The number of para-hydroxylation sites is 2. The Labute approximate surface area is 283 Å². The van der Waals surface area contributed by atoms with Crippen LogP contribution in [0.1, 0.15) is 43.4 Å². The van der Waals surface area contributed by atoms with Gasteiger partial charge in [0.15, 0.2) is 0 Å². The van der Waals surface area contributed by atoms with Gasteiger partial charge in [0.2, 0.25) is 0 Å². The molecule has 226 valence electrons. The van der Waals surface area contributed by atoms with Gasteiger partial charge in [-0.25, -0.2) is 9.97 Å². The van der Waals surface area contributed by atoms with Crippen LogP contribution in [0.4, 0.5) is 11.4 Å². The molecule has 3 heterocycles. The molecule has 0 fully saturated rings. The van der Waals surface area contributed by atoms with Crippen molar-refractivity contribution >= 4 is 45.2 Å². The van der Waals surface area contributed by atoms with E-state index >= 15 is 0 Å². The molecule has 0 saturated carbocycles. The Bertz CT molecular complexity index is 2300. The van der Waals surface area contributed by atoms with Crippen molar-refractivity contribution in [1.82, 2.24) is 9.97 Å². The van der Waals surface area contributed by atoms with Crippen LogP contribution >= 0.6 is 22.7 Å². The summed E-state index contributed by atoms with van der Waals surface area (Å²) in [6.07, 6.45) is 0. The van der Waals surface area contributed by atoms with Crippen LogP contribution in [0.25, 0.3) is 32.3 Å². The van der Waals surface area contributed by atoms with Gasteiger partial charge in [0, 0.05) is 50.4 Å². The number of hydrogen-bond acceptors (Lipinski definition) is 5. The van der Waals surface area contributed by atoms with E-state index in [1.807, 2.05) is 0 Å². The molecular weight excluding hydrogens is 611 g/mol. The number of hydrogen-bond donors (Lipinski definition) is 0. The first-order valence-corrected chi connectivity index (χ1v) is 17.5. The van der Waals surface area contributed by atoms with Crippen molar-refractivity contribution in [3.05, 3.63) is 177 Å². The van der Waals surface area contributed by atoms with Crippen LogP contribution in [0.15, 0.2) is 133 Å². The van der Waals surface area contributed by atoms with E-state index < -0.39 is 5.41 Å². The maximum atomic E-state index is 5.55. The van der Waals surface area contributed by atoms with Crippen molar-refractivity contribution in [3.63, 3.8) is 0 Å². The van der Waals surface area contributed by atoms with Gasteiger partial charge in [-0.1, -0.05) is 121 Å². The highest BCUT2D eigenvalue weighted by Gasteiger charge is 2.54. The number of nitrogens with zero attached hydrogens (tertiary/aromatic N) is 3. The number of thiazole rings is 2. The third kappa shape index (κ3) is 4.03. The molecule has 0 atom stereocenters. The molecule has 0 bridgehead atoms. The smallest absolute Gasteiger partial charge is 0.124 e. The summed E-state index contributed by atoms with van der Waals surface area (Å²) in [5.41, 5.74) is 13.6. The molecule has 5 heteroatoms. The molecule has 5 aromatic carbocycles. The first-order chi connectivity index (χ1) is 23.1. The van der Waals surface area contributed by atoms with E-state index in [1.54, 1.807) is 22.7 Å². The van der Waals surface area contributed by atoms with Gasteiger partial charge >= 0.3 is 0 Å². The monoisotopic (exact) mass is 641 g/mol. The summed E-state index contributed by atoms with van der Waals surface area (Å²) in [5.74, 6) is 0. The average molecular weight is 642 g/mol. The van der Waals surface area contributed by atoms with E-state index in [4.69, 9.17) is 9.97 Å². The lowest BCUT2D eigenvalue weighted by Crippen LogP contribution is -2.37. The molecule has 3 nitrogen and oxygen atoms in total. The first-order valence-electron chi connectivity index (χ1n) is 15.9. The molecular formula is C42H31N3S2. The maximum absolute atomic E-state index is 5.55. The minimum atomic E-state index is -0.596. The van der Waals surface area contributed by atoms with Gasteiger partial charge in [-0.05, 0) is 48.2 Å². The van der Waals surface area contributed by atoms with Gasteiger partial charge in [0.25, 0.3) is 0 Å². The van der Waals surface area contributed by atoms with E-state index in [9.17, 15) is 0 Å². The number of fused-ring (bicyclic) bond motifs is 6. The lowest BCUT2D eigenvalue weighted by atomic mass is 9.63. The molecule has 7 aromatic rings. The topological polar surface area (TPSA) is 29.0 Å². The van der Waals surface area contributed by atoms with Crippen molar-refractivity contribution in [2.45, 2.75) is 19.3 Å². The van der Waals surface area contributed by atoms with Gasteiger partial charge in [0.05, 0.1) is 16.8 Å². The summed E-state index contributed by atoms with van der Waals surface area (Å²) in [5, 5.41) is 2.07. The normalized spacial score (nSPS) is 14.3. The number of rotatable bonds is 4. The fourth-order valence-corrected chi connectivity index (χ4v) is 9.54. The molecule has 47 heavy (non-hydrogen) atoms. The van der Waals surface area contributed by atoms with Crippen LogP contribution < -0.4 is 4.90 Å². The zero-order chi connectivity index (χ0) is 31.7. The number of aryl methyl sites for hydroxylation is 2. The predicted octanol–water partition coefficient (Wildman–Crippen LogP) is 10.9. The van der Waals surface area contributed by atoms with E-state index in [0.29, 0.717) is 0 Å². The Morgan fingerprint density at radius 2 is 0.957 bits per heavy atom. The van der Waals surface area contributed by atoms with Crippen LogP contribution in [0.5, 0.6) is 0 Å². The zero-order valence-electron chi connectivity index (χ0n) is 26.4.